The number of aromatic nitrogens is 3. The summed E-state index contributed by atoms with van der Waals surface area (Å²) in [6, 6.07) is 8.83. The smallest absolute Gasteiger partial charge is 0.333 e. The van der Waals surface area contributed by atoms with Crippen LogP contribution in [0.2, 0.25) is 0 Å². The Morgan fingerprint density at radius 1 is 1.19 bits per heavy atom. The number of nitrogens with one attached hydrogen (secondary N) is 1. The third kappa shape index (κ3) is 3.12. The molecule has 3 heterocycles. The van der Waals surface area contributed by atoms with Gasteiger partial charge >= 0.3 is 6.03 Å². The van der Waals surface area contributed by atoms with Gasteiger partial charge in [-0.15, -0.1) is 0 Å². The quantitative estimate of drug-likeness (QED) is 0.568. The van der Waals surface area contributed by atoms with E-state index in [1.165, 1.54) is 6.20 Å². The predicted octanol–water partition coefficient (Wildman–Crippen LogP) is 2.63. The second-order valence-electron chi connectivity index (χ2n) is 6.24. The molecule has 3 aromatic rings. The van der Waals surface area contributed by atoms with Crippen LogP contribution in [0.25, 0.3) is 6.08 Å². The molecule has 0 radical (unpaired) electrons. The third-order valence-electron chi connectivity index (χ3n) is 4.37. The molecule has 8 nitrogen and oxygen atoms in total. The summed E-state index contributed by atoms with van der Waals surface area (Å²) in [5.41, 5.74) is 3.17. The number of imide groups is 1. The Morgan fingerprint density at radius 3 is 2.67 bits per heavy atom. The van der Waals surface area contributed by atoms with Crippen LogP contribution in [0, 0.1) is 13.8 Å². The molecule has 0 aliphatic carbocycles. The molecule has 0 saturated carbocycles. The number of hydrogen-bond acceptors (Lipinski definition) is 5. The molecule has 0 unspecified atom stereocenters. The minimum atomic E-state index is -0.501. The number of rotatable bonds is 4. The molecule has 1 fully saturated rings. The molecule has 2 aromatic heterocycles. The summed E-state index contributed by atoms with van der Waals surface area (Å²) in [5.74, 6) is 0.299. The zero-order valence-electron chi connectivity index (χ0n) is 14.8. The van der Waals surface area contributed by atoms with Gasteiger partial charge in [0.1, 0.15) is 11.5 Å². The van der Waals surface area contributed by atoms with Crippen LogP contribution < -0.4 is 10.2 Å². The van der Waals surface area contributed by atoms with Crippen molar-refractivity contribution in [2.45, 2.75) is 20.4 Å². The van der Waals surface area contributed by atoms with Crippen LogP contribution in [0.5, 0.6) is 0 Å². The van der Waals surface area contributed by atoms with E-state index in [4.69, 9.17) is 4.52 Å². The van der Waals surface area contributed by atoms with E-state index in [0.29, 0.717) is 18.0 Å². The predicted molar refractivity (Wildman–Crippen MR) is 97.7 cm³/mol. The number of aryl methyl sites for hydroxylation is 2. The summed E-state index contributed by atoms with van der Waals surface area (Å²) in [5, 5.41) is 10.8. The maximum Gasteiger partial charge on any atom is 0.333 e. The van der Waals surface area contributed by atoms with Crippen molar-refractivity contribution in [1.82, 2.24) is 20.3 Å². The van der Waals surface area contributed by atoms with Crippen molar-refractivity contribution in [3.8, 4) is 0 Å². The molecule has 4 rings (SSSR count). The van der Waals surface area contributed by atoms with Crippen molar-refractivity contribution in [2.24, 2.45) is 0 Å². The molecule has 1 aromatic carbocycles. The zero-order valence-corrected chi connectivity index (χ0v) is 14.8. The summed E-state index contributed by atoms with van der Waals surface area (Å²) in [4.78, 5) is 26.1. The Hall–Kier alpha value is -3.68. The fourth-order valence-electron chi connectivity index (χ4n) is 2.93. The Kier molecular flexibility index (Phi) is 4.08. The molecule has 136 valence electrons. The topological polar surface area (TPSA) is 93.3 Å². The number of benzene rings is 1. The fraction of sp³-hybridized carbons (Fsp3) is 0.158. The minimum absolute atomic E-state index is 0.227. The molecule has 8 heteroatoms. The van der Waals surface area contributed by atoms with Crippen LogP contribution in [0.15, 0.2) is 52.9 Å². The lowest BCUT2D eigenvalue weighted by atomic mass is 10.2. The Bertz CT molecular complexity index is 1030. The van der Waals surface area contributed by atoms with Gasteiger partial charge in [-0.05, 0) is 25.5 Å². The number of anilines is 1. The van der Waals surface area contributed by atoms with E-state index in [2.05, 4.69) is 15.6 Å². The molecule has 0 bridgehead atoms. The lowest BCUT2D eigenvalue weighted by molar-refractivity contribution is -0.113. The van der Waals surface area contributed by atoms with E-state index in [-0.39, 0.29) is 5.70 Å². The number of nitrogens with zero attached hydrogens (tertiary/aromatic N) is 4. The SMILES string of the molecule is Cc1noc(C)c1Cn1cc(N2C(=O)NC(=Cc3ccccc3)C2=O)cn1. The van der Waals surface area contributed by atoms with Crippen molar-refractivity contribution in [2.75, 3.05) is 4.90 Å². The number of hydrogen-bond donors (Lipinski definition) is 1. The van der Waals surface area contributed by atoms with Gasteiger partial charge in [0.15, 0.2) is 0 Å². The van der Waals surface area contributed by atoms with Gasteiger partial charge in [0.25, 0.3) is 5.91 Å². The first-order chi connectivity index (χ1) is 13.0. The van der Waals surface area contributed by atoms with E-state index in [1.54, 1.807) is 17.0 Å². The van der Waals surface area contributed by atoms with Crippen LogP contribution in [-0.2, 0) is 11.3 Å². The molecule has 1 aliphatic rings. The van der Waals surface area contributed by atoms with E-state index >= 15 is 0 Å². The molecular formula is C19H17N5O3. The summed E-state index contributed by atoms with van der Waals surface area (Å²) >= 11 is 0. The number of carbonyl (C=O) groups excluding carboxylic acids is 2. The average Bonchev–Trinajstić information content (AvgIpc) is 3.31. The highest BCUT2D eigenvalue weighted by Gasteiger charge is 2.35. The number of amides is 3. The van der Waals surface area contributed by atoms with Crippen molar-refractivity contribution in [3.05, 3.63) is 71.0 Å². The highest BCUT2D eigenvalue weighted by Crippen LogP contribution is 2.22. The molecule has 1 aliphatic heterocycles. The first-order valence-corrected chi connectivity index (χ1v) is 8.39. The van der Waals surface area contributed by atoms with Gasteiger partial charge < -0.3 is 9.84 Å². The summed E-state index contributed by atoms with van der Waals surface area (Å²) in [7, 11) is 0. The molecule has 27 heavy (non-hydrogen) atoms. The summed E-state index contributed by atoms with van der Waals surface area (Å²) < 4.78 is 6.79. The standard InChI is InChI=1S/C19H17N5O3/c1-12-16(13(2)27-22-12)11-23-10-15(9-20-23)24-18(25)17(21-19(24)26)8-14-6-4-3-5-7-14/h3-10H,11H2,1-2H3,(H,21,26). The van der Waals surface area contributed by atoms with E-state index in [0.717, 1.165) is 21.7 Å². The zero-order chi connectivity index (χ0) is 19.0. The average molecular weight is 363 g/mol. The monoisotopic (exact) mass is 363 g/mol. The Balaban J connectivity index is 1.57. The first-order valence-electron chi connectivity index (χ1n) is 8.39. The lowest BCUT2D eigenvalue weighted by Gasteiger charge is -2.08. The van der Waals surface area contributed by atoms with Gasteiger partial charge in [0, 0.05) is 11.8 Å². The largest absolute Gasteiger partial charge is 0.361 e. The van der Waals surface area contributed by atoms with Gasteiger partial charge in [0.05, 0.1) is 24.1 Å². The normalized spacial score (nSPS) is 15.6. The molecule has 0 atom stereocenters. The summed E-state index contributed by atoms with van der Waals surface area (Å²) in [6.45, 7) is 4.13. The highest BCUT2D eigenvalue weighted by molar-refractivity contribution is 6.28. The maximum absolute atomic E-state index is 12.7. The minimum Gasteiger partial charge on any atom is -0.361 e. The van der Waals surface area contributed by atoms with Gasteiger partial charge in [-0.25, -0.2) is 9.69 Å². The van der Waals surface area contributed by atoms with Crippen molar-refractivity contribution >= 4 is 23.7 Å². The van der Waals surface area contributed by atoms with Crippen molar-refractivity contribution in [3.63, 3.8) is 0 Å². The second kappa shape index (κ2) is 6.56. The number of carbonyl (C=O) groups is 2. The van der Waals surface area contributed by atoms with Crippen molar-refractivity contribution < 1.29 is 14.1 Å². The van der Waals surface area contributed by atoms with Crippen LogP contribution in [0.4, 0.5) is 10.5 Å². The van der Waals surface area contributed by atoms with E-state index in [9.17, 15) is 9.59 Å². The Labute approximate surface area is 155 Å². The molecule has 1 saturated heterocycles. The van der Waals surface area contributed by atoms with Gasteiger partial charge in [-0.1, -0.05) is 35.5 Å². The number of urea groups is 1. The van der Waals surface area contributed by atoms with E-state index < -0.39 is 11.9 Å². The lowest BCUT2D eigenvalue weighted by Crippen LogP contribution is -2.30. The van der Waals surface area contributed by atoms with Crippen LogP contribution in [0.1, 0.15) is 22.6 Å². The van der Waals surface area contributed by atoms with Gasteiger partial charge in [-0.2, -0.15) is 5.10 Å². The van der Waals surface area contributed by atoms with E-state index in [1.807, 2.05) is 44.2 Å². The maximum atomic E-state index is 12.7. The van der Waals surface area contributed by atoms with Crippen LogP contribution in [-0.4, -0.2) is 26.9 Å². The van der Waals surface area contributed by atoms with Crippen molar-refractivity contribution in [1.29, 1.82) is 0 Å². The van der Waals surface area contributed by atoms with Gasteiger partial charge in [-0.3, -0.25) is 9.48 Å². The molecule has 3 amide bonds. The first kappa shape index (κ1) is 16.8. The highest BCUT2D eigenvalue weighted by atomic mass is 16.5. The molecule has 0 spiro atoms. The molecular weight excluding hydrogens is 346 g/mol. The van der Waals surface area contributed by atoms with Crippen LogP contribution >= 0.6 is 0 Å². The van der Waals surface area contributed by atoms with Gasteiger partial charge in [0.2, 0.25) is 0 Å². The van der Waals surface area contributed by atoms with Crippen LogP contribution in [0.3, 0.4) is 0 Å². The third-order valence-corrected chi connectivity index (χ3v) is 4.37. The Morgan fingerprint density at radius 2 is 1.96 bits per heavy atom. The molecule has 1 N–H and O–H groups in total. The fourth-order valence-corrected chi connectivity index (χ4v) is 2.93. The second-order valence-corrected chi connectivity index (χ2v) is 6.24. The summed E-state index contributed by atoms with van der Waals surface area (Å²) in [6.07, 6.45) is 4.78.